The highest BCUT2D eigenvalue weighted by molar-refractivity contribution is 5.97. The minimum absolute atomic E-state index is 0.0665. The van der Waals surface area contributed by atoms with Crippen LogP contribution in [0.15, 0.2) is 72.8 Å². The van der Waals surface area contributed by atoms with E-state index >= 15 is 0 Å². The molecule has 0 saturated carbocycles. The number of nitriles is 1. The number of aromatic nitrogens is 2. The zero-order chi connectivity index (χ0) is 20.4. The average molecular weight is 380 g/mol. The number of hydrogen-bond donors (Lipinski definition) is 0. The Morgan fingerprint density at radius 2 is 1.79 bits per heavy atom. The van der Waals surface area contributed by atoms with Gasteiger partial charge in [0.15, 0.2) is 0 Å². The molecule has 0 radical (unpaired) electrons. The first-order valence-corrected chi connectivity index (χ1v) is 9.36. The Kier molecular flexibility index (Phi) is 4.84. The lowest BCUT2D eigenvalue weighted by Gasteiger charge is -2.17. The molecule has 5 nitrogen and oxygen atoms in total. The van der Waals surface area contributed by atoms with Crippen molar-refractivity contribution in [2.24, 2.45) is 0 Å². The first-order valence-electron chi connectivity index (χ1n) is 9.36. The van der Waals surface area contributed by atoms with Crippen LogP contribution in [0, 0.1) is 18.3 Å². The van der Waals surface area contributed by atoms with Gasteiger partial charge in [0.05, 0.1) is 22.7 Å². The van der Waals surface area contributed by atoms with Crippen LogP contribution in [-0.4, -0.2) is 27.4 Å². The van der Waals surface area contributed by atoms with Crippen molar-refractivity contribution in [3.8, 4) is 11.8 Å². The lowest BCUT2D eigenvalue weighted by atomic mass is 10.1. The molecule has 29 heavy (non-hydrogen) atoms. The van der Waals surface area contributed by atoms with Gasteiger partial charge in [-0.25, -0.2) is 4.98 Å². The zero-order valence-electron chi connectivity index (χ0n) is 16.3. The van der Waals surface area contributed by atoms with Gasteiger partial charge in [-0.2, -0.15) is 5.26 Å². The van der Waals surface area contributed by atoms with E-state index in [1.54, 1.807) is 24.1 Å². The van der Waals surface area contributed by atoms with Gasteiger partial charge < -0.3 is 4.90 Å². The van der Waals surface area contributed by atoms with Gasteiger partial charge in [-0.1, -0.05) is 30.3 Å². The van der Waals surface area contributed by atoms with Crippen molar-refractivity contribution in [2.45, 2.75) is 13.5 Å². The maximum atomic E-state index is 12.9. The molecule has 0 fully saturated rings. The summed E-state index contributed by atoms with van der Waals surface area (Å²) < 4.78 is 2.09. The molecule has 3 aromatic carbocycles. The van der Waals surface area contributed by atoms with Crippen molar-refractivity contribution in [1.29, 1.82) is 5.26 Å². The van der Waals surface area contributed by atoms with E-state index in [0.29, 0.717) is 17.7 Å². The fraction of sp³-hybridized carbons (Fsp3) is 0.125. The molecule has 0 atom stereocenters. The Morgan fingerprint density at radius 1 is 1.07 bits per heavy atom. The second kappa shape index (κ2) is 7.61. The van der Waals surface area contributed by atoms with Crippen molar-refractivity contribution in [2.75, 3.05) is 7.05 Å². The summed E-state index contributed by atoms with van der Waals surface area (Å²) in [6.07, 6.45) is 0. The predicted molar refractivity (Wildman–Crippen MR) is 113 cm³/mol. The van der Waals surface area contributed by atoms with Crippen molar-refractivity contribution < 1.29 is 4.79 Å². The Labute approximate surface area is 169 Å². The van der Waals surface area contributed by atoms with Crippen LogP contribution >= 0.6 is 0 Å². The van der Waals surface area contributed by atoms with Gasteiger partial charge in [0.2, 0.25) is 0 Å². The van der Waals surface area contributed by atoms with E-state index < -0.39 is 0 Å². The molecule has 4 rings (SSSR count). The van der Waals surface area contributed by atoms with Crippen LogP contribution < -0.4 is 0 Å². The number of carbonyl (C=O) groups is 1. The average Bonchev–Trinajstić information content (AvgIpc) is 3.09. The van der Waals surface area contributed by atoms with Crippen LogP contribution in [-0.2, 0) is 6.54 Å². The van der Waals surface area contributed by atoms with Crippen LogP contribution in [0.5, 0.6) is 0 Å². The number of imidazole rings is 1. The number of carbonyl (C=O) groups excluding carboxylic acids is 1. The van der Waals surface area contributed by atoms with E-state index in [9.17, 15) is 4.79 Å². The van der Waals surface area contributed by atoms with Crippen LogP contribution in [0.3, 0.4) is 0 Å². The molecule has 142 valence electrons. The normalized spacial score (nSPS) is 10.7. The highest BCUT2D eigenvalue weighted by Crippen LogP contribution is 2.23. The molecule has 1 heterocycles. The highest BCUT2D eigenvalue weighted by atomic mass is 16.2. The molecule has 0 spiro atoms. The molecule has 0 bridgehead atoms. The number of benzene rings is 3. The van der Waals surface area contributed by atoms with Crippen LogP contribution in [0.4, 0.5) is 0 Å². The van der Waals surface area contributed by atoms with Crippen molar-refractivity contribution in [3.05, 3.63) is 95.3 Å². The molecule has 0 aliphatic heterocycles. The standard InChI is InChI=1S/C24H20N4O/c1-17-26-22-14-20(12-13-23(22)28(17)21-6-4-3-5-7-21)24(29)27(2)16-19-10-8-18(15-25)9-11-19/h3-14H,16H2,1-2H3. The lowest BCUT2D eigenvalue weighted by molar-refractivity contribution is 0.0785. The third-order valence-electron chi connectivity index (χ3n) is 4.93. The molecule has 4 aromatic rings. The van der Waals surface area contributed by atoms with E-state index in [4.69, 9.17) is 5.26 Å². The zero-order valence-corrected chi connectivity index (χ0v) is 16.3. The van der Waals surface area contributed by atoms with Gasteiger partial charge in [-0.3, -0.25) is 9.36 Å². The Morgan fingerprint density at radius 3 is 2.48 bits per heavy atom. The van der Waals surface area contributed by atoms with E-state index in [-0.39, 0.29) is 5.91 Å². The third kappa shape index (κ3) is 3.61. The fourth-order valence-corrected chi connectivity index (χ4v) is 3.49. The van der Waals surface area contributed by atoms with Crippen molar-refractivity contribution in [3.63, 3.8) is 0 Å². The van der Waals surface area contributed by atoms with Gasteiger partial charge in [0.25, 0.3) is 5.91 Å². The van der Waals surface area contributed by atoms with E-state index in [1.807, 2.05) is 67.6 Å². The second-order valence-corrected chi connectivity index (χ2v) is 7.00. The fourth-order valence-electron chi connectivity index (χ4n) is 3.49. The number of fused-ring (bicyclic) bond motifs is 1. The summed E-state index contributed by atoms with van der Waals surface area (Å²) >= 11 is 0. The maximum absolute atomic E-state index is 12.9. The van der Waals surface area contributed by atoms with Gasteiger partial charge in [-0.05, 0) is 55.0 Å². The number of hydrogen-bond acceptors (Lipinski definition) is 3. The summed E-state index contributed by atoms with van der Waals surface area (Å²) in [5.41, 5.74) is 5.00. The second-order valence-electron chi connectivity index (χ2n) is 7.00. The molecular formula is C24H20N4O. The number of rotatable bonds is 4. The molecular weight excluding hydrogens is 360 g/mol. The minimum Gasteiger partial charge on any atom is -0.337 e. The van der Waals surface area contributed by atoms with Crippen LogP contribution in [0.2, 0.25) is 0 Å². The Hall–Kier alpha value is -3.91. The highest BCUT2D eigenvalue weighted by Gasteiger charge is 2.16. The lowest BCUT2D eigenvalue weighted by Crippen LogP contribution is -2.26. The van der Waals surface area contributed by atoms with Crippen molar-refractivity contribution >= 4 is 16.9 Å². The SMILES string of the molecule is Cc1nc2cc(C(=O)N(C)Cc3ccc(C#N)cc3)ccc2n1-c1ccccc1. The third-order valence-corrected chi connectivity index (χ3v) is 4.93. The first kappa shape index (κ1) is 18.5. The summed E-state index contributed by atoms with van der Waals surface area (Å²) in [5, 5.41) is 8.91. The molecule has 0 saturated heterocycles. The van der Waals surface area contributed by atoms with Crippen molar-refractivity contribution in [1.82, 2.24) is 14.5 Å². The van der Waals surface area contributed by atoms with Gasteiger partial charge >= 0.3 is 0 Å². The van der Waals surface area contributed by atoms with Crippen LogP contribution in [0.25, 0.3) is 16.7 Å². The number of para-hydroxylation sites is 1. The Balaban J connectivity index is 1.60. The van der Waals surface area contributed by atoms with E-state index in [0.717, 1.165) is 28.1 Å². The predicted octanol–water partition coefficient (Wildman–Crippen LogP) is 4.48. The summed E-state index contributed by atoms with van der Waals surface area (Å²) in [5.74, 6) is 0.810. The molecule has 0 N–H and O–H groups in total. The minimum atomic E-state index is -0.0665. The molecule has 0 aliphatic carbocycles. The Bertz CT molecular complexity index is 1220. The maximum Gasteiger partial charge on any atom is 0.253 e. The monoisotopic (exact) mass is 380 g/mol. The van der Waals surface area contributed by atoms with Crippen LogP contribution in [0.1, 0.15) is 27.3 Å². The van der Waals surface area contributed by atoms with Gasteiger partial charge in [0.1, 0.15) is 5.82 Å². The van der Waals surface area contributed by atoms with E-state index in [1.165, 1.54) is 0 Å². The molecule has 0 aliphatic rings. The van der Waals surface area contributed by atoms with E-state index in [2.05, 4.69) is 15.6 Å². The molecule has 5 heteroatoms. The topological polar surface area (TPSA) is 61.9 Å². The quantitative estimate of drug-likeness (QED) is 0.524. The summed E-state index contributed by atoms with van der Waals surface area (Å²) in [4.78, 5) is 19.2. The molecule has 1 aromatic heterocycles. The number of amides is 1. The summed E-state index contributed by atoms with van der Waals surface area (Å²) in [6, 6.07) is 25.1. The smallest absolute Gasteiger partial charge is 0.253 e. The molecule has 1 amide bonds. The largest absolute Gasteiger partial charge is 0.337 e. The number of aryl methyl sites for hydroxylation is 1. The van der Waals surface area contributed by atoms with Gasteiger partial charge in [0, 0.05) is 24.8 Å². The number of nitrogens with zero attached hydrogens (tertiary/aromatic N) is 4. The first-order chi connectivity index (χ1) is 14.1. The summed E-state index contributed by atoms with van der Waals surface area (Å²) in [6.45, 7) is 2.44. The van der Waals surface area contributed by atoms with Gasteiger partial charge in [-0.15, -0.1) is 0 Å². The molecule has 0 unspecified atom stereocenters. The summed E-state index contributed by atoms with van der Waals surface area (Å²) in [7, 11) is 1.78.